The molecule has 4 nitrogen and oxygen atoms in total. The van der Waals surface area contributed by atoms with Gasteiger partial charge in [0.15, 0.2) is 0 Å². The Balaban J connectivity index is 2.83. The summed E-state index contributed by atoms with van der Waals surface area (Å²) < 4.78 is 0. The molecule has 0 radical (unpaired) electrons. The molecule has 0 aliphatic heterocycles. The number of hydrogen-bond donors (Lipinski definition) is 2. The molecular weight excluding hydrogens is 164 g/mol. The van der Waals surface area contributed by atoms with Crippen LogP contribution < -0.4 is 10.6 Å². The third-order valence-electron chi connectivity index (χ3n) is 1.65. The molecule has 0 aliphatic carbocycles. The summed E-state index contributed by atoms with van der Waals surface area (Å²) in [6, 6.07) is 0. The van der Waals surface area contributed by atoms with Crippen LogP contribution in [0.1, 0.15) is 19.4 Å². The first-order valence-corrected chi connectivity index (χ1v) is 4.59. The molecule has 72 valence electrons. The maximum atomic E-state index is 4.32. The normalized spacial score (nSPS) is 9.77. The van der Waals surface area contributed by atoms with Crippen molar-refractivity contribution in [3.63, 3.8) is 0 Å². The van der Waals surface area contributed by atoms with Crippen LogP contribution >= 0.6 is 0 Å². The first kappa shape index (κ1) is 9.77. The highest BCUT2D eigenvalue weighted by atomic mass is 15.1. The molecule has 13 heavy (non-hydrogen) atoms. The first-order chi connectivity index (χ1) is 6.27. The highest BCUT2D eigenvalue weighted by Gasteiger charge is 2.00. The van der Waals surface area contributed by atoms with E-state index in [1.165, 1.54) is 0 Å². The molecule has 1 aromatic rings. The lowest BCUT2D eigenvalue weighted by Gasteiger charge is -2.07. The summed E-state index contributed by atoms with van der Waals surface area (Å²) in [4.78, 5) is 8.47. The maximum Gasteiger partial charge on any atom is 0.224 e. The number of hydrogen-bond acceptors (Lipinski definition) is 4. The van der Waals surface area contributed by atoms with Gasteiger partial charge in [-0.3, -0.25) is 0 Å². The Kier molecular flexibility index (Phi) is 3.49. The van der Waals surface area contributed by atoms with Gasteiger partial charge >= 0.3 is 0 Å². The van der Waals surface area contributed by atoms with Crippen LogP contribution in [0.5, 0.6) is 0 Å². The van der Waals surface area contributed by atoms with E-state index in [0.29, 0.717) is 5.95 Å². The highest BCUT2D eigenvalue weighted by molar-refractivity contribution is 5.46. The second kappa shape index (κ2) is 4.64. The minimum atomic E-state index is 0.684. The highest BCUT2D eigenvalue weighted by Crippen LogP contribution is 2.11. The smallest absolute Gasteiger partial charge is 0.224 e. The second-order valence-corrected chi connectivity index (χ2v) is 2.79. The average molecular weight is 180 g/mol. The summed E-state index contributed by atoms with van der Waals surface area (Å²) in [5.74, 6) is 1.59. The van der Waals surface area contributed by atoms with Crippen molar-refractivity contribution in [2.24, 2.45) is 0 Å². The monoisotopic (exact) mass is 180 g/mol. The van der Waals surface area contributed by atoms with E-state index in [0.717, 1.165) is 24.5 Å². The lowest BCUT2D eigenvalue weighted by Crippen LogP contribution is -2.07. The van der Waals surface area contributed by atoms with E-state index in [1.807, 2.05) is 20.0 Å². The van der Waals surface area contributed by atoms with Gasteiger partial charge in [-0.05, 0) is 20.8 Å². The van der Waals surface area contributed by atoms with Crippen LogP contribution in [0.3, 0.4) is 0 Å². The van der Waals surface area contributed by atoms with E-state index >= 15 is 0 Å². The Morgan fingerprint density at radius 2 is 1.92 bits per heavy atom. The molecule has 0 amide bonds. The Hall–Kier alpha value is -1.32. The van der Waals surface area contributed by atoms with E-state index in [-0.39, 0.29) is 0 Å². The molecule has 0 aliphatic rings. The summed E-state index contributed by atoms with van der Waals surface area (Å²) in [5.41, 5.74) is 1.07. The molecule has 1 heterocycles. The summed E-state index contributed by atoms with van der Waals surface area (Å²) >= 11 is 0. The molecule has 0 fully saturated rings. The van der Waals surface area contributed by atoms with Gasteiger partial charge in [-0.2, -0.15) is 4.98 Å². The van der Waals surface area contributed by atoms with Crippen molar-refractivity contribution in [2.45, 2.75) is 20.8 Å². The molecule has 0 saturated heterocycles. The van der Waals surface area contributed by atoms with E-state index < -0.39 is 0 Å². The fourth-order valence-electron chi connectivity index (χ4n) is 1.03. The molecule has 2 N–H and O–H groups in total. The van der Waals surface area contributed by atoms with Gasteiger partial charge in [-0.1, -0.05) is 0 Å². The van der Waals surface area contributed by atoms with Gasteiger partial charge in [0.25, 0.3) is 0 Å². The van der Waals surface area contributed by atoms with Gasteiger partial charge in [0, 0.05) is 24.8 Å². The molecule has 1 rings (SSSR count). The maximum absolute atomic E-state index is 4.32. The summed E-state index contributed by atoms with van der Waals surface area (Å²) in [7, 11) is 0. The van der Waals surface area contributed by atoms with Crippen LogP contribution in [0.25, 0.3) is 0 Å². The second-order valence-electron chi connectivity index (χ2n) is 2.79. The molecule has 0 aromatic carbocycles. The van der Waals surface area contributed by atoms with E-state index in [1.54, 1.807) is 0 Å². The quantitative estimate of drug-likeness (QED) is 0.739. The fourth-order valence-corrected chi connectivity index (χ4v) is 1.03. The van der Waals surface area contributed by atoms with Gasteiger partial charge in [-0.15, -0.1) is 0 Å². The standard InChI is InChI=1S/C9H16N4/c1-4-10-8-7(3)6-12-9(13-8)11-5-2/h6H,4-5H2,1-3H3,(H2,10,11,12,13). The summed E-state index contributed by atoms with van der Waals surface area (Å²) in [5, 5.41) is 6.25. The van der Waals surface area contributed by atoms with E-state index in [9.17, 15) is 0 Å². The number of nitrogens with one attached hydrogen (secondary N) is 2. The van der Waals surface area contributed by atoms with Crippen LogP contribution in [0.2, 0.25) is 0 Å². The minimum Gasteiger partial charge on any atom is -0.370 e. The van der Waals surface area contributed by atoms with E-state index in [2.05, 4.69) is 27.5 Å². The molecule has 0 saturated carbocycles. The van der Waals surface area contributed by atoms with Crippen LogP contribution in [0.4, 0.5) is 11.8 Å². The van der Waals surface area contributed by atoms with Crippen molar-refractivity contribution in [3.8, 4) is 0 Å². The Bertz CT molecular complexity index is 272. The number of aryl methyl sites for hydroxylation is 1. The zero-order valence-corrected chi connectivity index (χ0v) is 8.39. The lowest BCUT2D eigenvalue weighted by atomic mass is 10.3. The molecule has 1 aromatic heterocycles. The third-order valence-corrected chi connectivity index (χ3v) is 1.65. The number of nitrogens with zero attached hydrogens (tertiary/aromatic N) is 2. The van der Waals surface area contributed by atoms with Gasteiger partial charge in [-0.25, -0.2) is 4.98 Å². The summed E-state index contributed by atoms with van der Waals surface area (Å²) in [6.07, 6.45) is 1.82. The van der Waals surface area contributed by atoms with Crippen LogP contribution in [0, 0.1) is 6.92 Å². The van der Waals surface area contributed by atoms with Crippen molar-refractivity contribution < 1.29 is 0 Å². The topological polar surface area (TPSA) is 49.8 Å². The van der Waals surface area contributed by atoms with Crippen molar-refractivity contribution in [1.82, 2.24) is 9.97 Å². The minimum absolute atomic E-state index is 0.684. The molecule has 0 spiro atoms. The van der Waals surface area contributed by atoms with Gasteiger partial charge in [0.05, 0.1) is 0 Å². The summed E-state index contributed by atoms with van der Waals surface area (Å²) in [6.45, 7) is 7.79. The first-order valence-electron chi connectivity index (χ1n) is 4.59. The molecule has 4 heteroatoms. The predicted octanol–water partition coefficient (Wildman–Crippen LogP) is 1.65. The Morgan fingerprint density at radius 1 is 1.23 bits per heavy atom. The zero-order valence-electron chi connectivity index (χ0n) is 8.39. The van der Waals surface area contributed by atoms with Crippen molar-refractivity contribution in [3.05, 3.63) is 11.8 Å². The van der Waals surface area contributed by atoms with Crippen LogP contribution in [-0.4, -0.2) is 23.1 Å². The van der Waals surface area contributed by atoms with Crippen LogP contribution in [-0.2, 0) is 0 Å². The SMILES string of the molecule is CCNc1ncc(C)c(NCC)n1. The Morgan fingerprint density at radius 3 is 2.54 bits per heavy atom. The number of rotatable bonds is 4. The molecular formula is C9H16N4. The number of anilines is 2. The van der Waals surface area contributed by atoms with Crippen molar-refractivity contribution in [2.75, 3.05) is 23.7 Å². The molecule has 0 bridgehead atoms. The fraction of sp³-hybridized carbons (Fsp3) is 0.556. The van der Waals surface area contributed by atoms with Gasteiger partial charge in [0.2, 0.25) is 5.95 Å². The lowest BCUT2D eigenvalue weighted by molar-refractivity contribution is 1.05. The van der Waals surface area contributed by atoms with Gasteiger partial charge < -0.3 is 10.6 Å². The zero-order chi connectivity index (χ0) is 9.68. The average Bonchev–Trinajstić information content (AvgIpc) is 2.12. The van der Waals surface area contributed by atoms with E-state index in [4.69, 9.17) is 0 Å². The molecule has 0 unspecified atom stereocenters. The third kappa shape index (κ3) is 2.57. The van der Waals surface area contributed by atoms with Crippen molar-refractivity contribution >= 4 is 11.8 Å². The molecule has 0 atom stereocenters. The largest absolute Gasteiger partial charge is 0.370 e. The Labute approximate surface area is 78.8 Å². The predicted molar refractivity (Wildman–Crippen MR) is 55.1 cm³/mol. The number of aromatic nitrogens is 2. The van der Waals surface area contributed by atoms with Crippen LogP contribution in [0.15, 0.2) is 6.20 Å². The van der Waals surface area contributed by atoms with Crippen molar-refractivity contribution in [1.29, 1.82) is 0 Å². The van der Waals surface area contributed by atoms with Gasteiger partial charge in [0.1, 0.15) is 5.82 Å².